The fourth-order valence-corrected chi connectivity index (χ4v) is 2.45. The van der Waals surface area contributed by atoms with E-state index in [9.17, 15) is 9.18 Å². The average Bonchev–Trinajstić information content (AvgIpc) is 2.56. The molecule has 0 spiro atoms. The molecule has 0 unspecified atom stereocenters. The van der Waals surface area contributed by atoms with Crippen molar-refractivity contribution in [2.45, 2.75) is 20.4 Å². The SMILES string of the molecule is CCN(CC(=O)Nc1ccccc1C)Cc1ccc(OC)c(F)c1. The van der Waals surface area contributed by atoms with Crippen LogP contribution in [0.15, 0.2) is 42.5 Å². The van der Waals surface area contributed by atoms with Crippen molar-refractivity contribution in [3.63, 3.8) is 0 Å². The molecule has 2 rings (SSSR count). The fraction of sp³-hybridized carbons (Fsp3) is 0.316. The number of aryl methyl sites for hydroxylation is 1. The highest BCUT2D eigenvalue weighted by atomic mass is 19.1. The molecule has 0 radical (unpaired) electrons. The zero-order chi connectivity index (χ0) is 17.5. The molecule has 0 saturated carbocycles. The molecule has 1 N–H and O–H groups in total. The van der Waals surface area contributed by atoms with Crippen molar-refractivity contribution in [1.29, 1.82) is 0 Å². The number of halogens is 1. The van der Waals surface area contributed by atoms with Crippen LogP contribution >= 0.6 is 0 Å². The number of likely N-dealkylation sites (N-methyl/N-ethyl adjacent to an activating group) is 1. The van der Waals surface area contributed by atoms with Crippen LogP contribution in [0.25, 0.3) is 0 Å². The molecule has 2 aromatic carbocycles. The van der Waals surface area contributed by atoms with E-state index in [1.807, 2.05) is 49.1 Å². The Bertz CT molecular complexity index is 704. The number of amides is 1. The minimum absolute atomic E-state index is 0.0832. The number of nitrogens with zero attached hydrogens (tertiary/aromatic N) is 1. The number of ether oxygens (including phenoxy) is 1. The van der Waals surface area contributed by atoms with E-state index in [0.717, 1.165) is 16.8 Å². The van der Waals surface area contributed by atoms with Crippen LogP contribution in [0.3, 0.4) is 0 Å². The van der Waals surface area contributed by atoms with Crippen molar-refractivity contribution in [2.24, 2.45) is 0 Å². The smallest absolute Gasteiger partial charge is 0.238 e. The molecule has 24 heavy (non-hydrogen) atoms. The summed E-state index contributed by atoms with van der Waals surface area (Å²) in [5.74, 6) is -0.255. The van der Waals surface area contributed by atoms with Gasteiger partial charge in [-0.3, -0.25) is 9.69 Å². The van der Waals surface area contributed by atoms with Crippen molar-refractivity contribution < 1.29 is 13.9 Å². The first-order valence-corrected chi connectivity index (χ1v) is 7.93. The third kappa shape index (κ3) is 4.80. The Morgan fingerprint density at radius 1 is 1.25 bits per heavy atom. The number of carbonyl (C=O) groups excluding carboxylic acids is 1. The lowest BCUT2D eigenvalue weighted by Gasteiger charge is -2.20. The molecule has 0 bridgehead atoms. The minimum Gasteiger partial charge on any atom is -0.494 e. The molecular formula is C19H23FN2O2. The van der Waals surface area contributed by atoms with E-state index in [1.165, 1.54) is 13.2 Å². The van der Waals surface area contributed by atoms with Crippen LogP contribution in [0, 0.1) is 12.7 Å². The number of methoxy groups -OCH3 is 1. The van der Waals surface area contributed by atoms with Gasteiger partial charge in [0, 0.05) is 12.2 Å². The van der Waals surface area contributed by atoms with Crippen LogP contribution < -0.4 is 10.1 Å². The molecule has 0 heterocycles. The summed E-state index contributed by atoms with van der Waals surface area (Å²) in [6.45, 7) is 5.36. The number of nitrogens with one attached hydrogen (secondary N) is 1. The Kier molecular flexibility index (Phi) is 6.32. The maximum Gasteiger partial charge on any atom is 0.238 e. The van der Waals surface area contributed by atoms with Gasteiger partial charge in [-0.25, -0.2) is 4.39 Å². The van der Waals surface area contributed by atoms with E-state index in [2.05, 4.69) is 5.32 Å². The molecule has 0 aliphatic heterocycles. The summed E-state index contributed by atoms with van der Waals surface area (Å²) in [6.07, 6.45) is 0. The Balaban J connectivity index is 1.97. The molecule has 0 fully saturated rings. The maximum atomic E-state index is 13.8. The number of anilines is 1. The van der Waals surface area contributed by atoms with Crippen molar-refractivity contribution in [1.82, 2.24) is 4.90 Å². The first-order valence-electron chi connectivity index (χ1n) is 7.93. The van der Waals surface area contributed by atoms with Gasteiger partial charge >= 0.3 is 0 Å². The fourth-order valence-electron chi connectivity index (χ4n) is 2.45. The van der Waals surface area contributed by atoms with Gasteiger partial charge in [-0.1, -0.05) is 31.2 Å². The maximum absolute atomic E-state index is 13.8. The van der Waals surface area contributed by atoms with E-state index in [4.69, 9.17) is 4.74 Å². The highest BCUT2D eigenvalue weighted by molar-refractivity contribution is 5.92. The van der Waals surface area contributed by atoms with Gasteiger partial charge in [0.25, 0.3) is 0 Å². The topological polar surface area (TPSA) is 41.6 Å². The number of para-hydroxylation sites is 1. The van der Waals surface area contributed by atoms with Gasteiger partial charge in [-0.05, 0) is 42.8 Å². The number of benzene rings is 2. The Labute approximate surface area is 142 Å². The average molecular weight is 330 g/mol. The lowest BCUT2D eigenvalue weighted by molar-refractivity contribution is -0.117. The Hall–Kier alpha value is -2.40. The monoisotopic (exact) mass is 330 g/mol. The molecular weight excluding hydrogens is 307 g/mol. The van der Waals surface area contributed by atoms with Gasteiger partial charge in [0.05, 0.1) is 13.7 Å². The molecule has 4 nitrogen and oxygen atoms in total. The molecule has 0 saturated heterocycles. The van der Waals surface area contributed by atoms with Gasteiger partial charge in [-0.15, -0.1) is 0 Å². The van der Waals surface area contributed by atoms with Gasteiger partial charge in [-0.2, -0.15) is 0 Å². The number of hydrogen-bond acceptors (Lipinski definition) is 3. The normalized spacial score (nSPS) is 10.7. The Morgan fingerprint density at radius 3 is 2.62 bits per heavy atom. The van der Waals surface area contributed by atoms with Gasteiger partial charge in [0.15, 0.2) is 11.6 Å². The molecule has 0 aromatic heterocycles. The van der Waals surface area contributed by atoms with Gasteiger partial charge in [0.1, 0.15) is 0 Å². The van der Waals surface area contributed by atoms with E-state index >= 15 is 0 Å². The first-order chi connectivity index (χ1) is 11.5. The molecule has 0 atom stereocenters. The van der Waals surface area contributed by atoms with E-state index < -0.39 is 5.82 Å². The number of hydrogen-bond donors (Lipinski definition) is 1. The van der Waals surface area contributed by atoms with Crippen molar-refractivity contribution >= 4 is 11.6 Å². The lowest BCUT2D eigenvalue weighted by Crippen LogP contribution is -2.32. The largest absolute Gasteiger partial charge is 0.494 e. The second kappa shape index (κ2) is 8.45. The van der Waals surface area contributed by atoms with Crippen molar-refractivity contribution in [3.8, 4) is 5.75 Å². The van der Waals surface area contributed by atoms with Crippen LogP contribution in [0.4, 0.5) is 10.1 Å². The molecule has 2 aromatic rings. The van der Waals surface area contributed by atoms with Crippen LogP contribution in [0.5, 0.6) is 5.75 Å². The van der Waals surface area contributed by atoms with Crippen LogP contribution in [-0.4, -0.2) is 31.0 Å². The number of rotatable bonds is 7. The molecule has 5 heteroatoms. The van der Waals surface area contributed by atoms with E-state index in [0.29, 0.717) is 13.1 Å². The second-order valence-corrected chi connectivity index (χ2v) is 5.64. The third-order valence-corrected chi connectivity index (χ3v) is 3.86. The highest BCUT2D eigenvalue weighted by Gasteiger charge is 2.12. The van der Waals surface area contributed by atoms with Crippen LogP contribution in [-0.2, 0) is 11.3 Å². The first kappa shape index (κ1) is 17.9. The summed E-state index contributed by atoms with van der Waals surface area (Å²) in [5, 5.41) is 2.92. The third-order valence-electron chi connectivity index (χ3n) is 3.86. The zero-order valence-electron chi connectivity index (χ0n) is 14.3. The predicted molar refractivity (Wildman–Crippen MR) is 93.7 cm³/mol. The molecule has 1 amide bonds. The summed E-state index contributed by atoms with van der Waals surface area (Å²) in [7, 11) is 1.44. The van der Waals surface area contributed by atoms with Crippen LogP contribution in [0.1, 0.15) is 18.1 Å². The standard InChI is InChI=1S/C19H23FN2O2/c1-4-22(12-15-9-10-18(24-3)16(20)11-15)13-19(23)21-17-8-6-5-7-14(17)2/h5-11H,4,12-13H2,1-3H3,(H,21,23). The molecule has 0 aliphatic rings. The summed E-state index contributed by atoms with van der Waals surface area (Å²) in [5.41, 5.74) is 2.64. The van der Waals surface area contributed by atoms with Gasteiger partial charge in [0.2, 0.25) is 5.91 Å². The molecule has 0 aliphatic carbocycles. The quantitative estimate of drug-likeness (QED) is 0.843. The number of carbonyl (C=O) groups is 1. The second-order valence-electron chi connectivity index (χ2n) is 5.64. The predicted octanol–water partition coefficient (Wildman–Crippen LogP) is 3.60. The van der Waals surface area contributed by atoms with Gasteiger partial charge < -0.3 is 10.1 Å². The Morgan fingerprint density at radius 2 is 2.00 bits per heavy atom. The van der Waals surface area contributed by atoms with Crippen molar-refractivity contribution in [2.75, 3.05) is 25.5 Å². The van der Waals surface area contributed by atoms with Crippen molar-refractivity contribution in [3.05, 3.63) is 59.4 Å². The lowest BCUT2D eigenvalue weighted by atomic mass is 10.2. The summed E-state index contributed by atoms with van der Waals surface area (Å²) in [6, 6.07) is 12.5. The summed E-state index contributed by atoms with van der Waals surface area (Å²) < 4.78 is 18.7. The summed E-state index contributed by atoms with van der Waals surface area (Å²) >= 11 is 0. The van der Waals surface area contributed by atoms with E-state index in [1.54, 1.807) is 6.07 Å². The minimum atomic E-state index is -0.393. The van der Waals surface area contributed by atoms with Crippen LogP contribution in [0.2, 0.25) is 0 Å². The van der Waals surface area contributed by atoms with E-state index in [-0.39, 0.29) is 18.2 Å². The summed E-state index contributed by atoms with van der Waals surface area (Å²) in [4.78, 5) is 14.2. The zero-order valence-corrected chi connectivity index (χ0v) is 14.3. The molecule has 128 valence electrons. The highest BCUT2D eigenvalue weighted by Crippen LogP contribution is 2.19.